The molecule has 7 heteroatoms. The number of benzene rings is 2. The number of nitrogens with one attached hydrogen (secondary N) is 1. The van der Waals surface area contributed by atoms with Crippen molar-refractivity contribution in [2.45, 2.75) is 6.04 Å². The molecule has 1 unspecified atom stereocenters. The van der Waals surface area contributed by atoms with E-state index in [-0.39, 0.29) is 5.91 Å². The first-order valence-corrected chi connectivity index (χ1v) is 9.45. The topological polar surface area (TPSA) is 78.3 Å². The molecular formula is C23H22N4O3. The number of aromatic nitrogens is 3. The van der Waals surface area contributed by atoms with Crippen LogP contribution in [0.4, 0.5) is 0 Å². The zero-order valence-electron chi connectivity index (χ0n) is 17.0. The van der Waals surface area contributed by atoms with E-state index in [2.05, 4.69) is 15.3 Å². The zero-order valence-corrected chi connectivity index (χ0v) is 17.0. The van der Waals surface area contributed by atoms with E-state index in [4.69, 9.17) is 9.47 Å². The number of hydrogen-bond donors (Lipinski definition) is 1. The Morgan fingerprint density at radius 3 is 2.40 bits per heavy atom. The van der Waals surface area contributed by atoms with Crippen molar-refractivity contribution in [1.82, 2.24) is 19.9 Å². The summed E-state index contributed by atoms with van der Waals surface area (Å²) in [5.74, 6) is 1.74. The SMILES string of the molecule is COc1cc(OC)cc(C(NC(=O)c2ccnc3ccccc23)c2nccn2C)c1. The van der Waals surface area contributed by atoms with Crippen molar-refractivity contribution in [2.24, 2.45) is 7.05 Å². The standard InChI is InChI=1S/C23H22N4O3/c1-27-11-10-25-22(27)21(15-12-16(29-2)14-17(13-15)30-3)26-23(28)19-8-9-24-20-7-5-4-6-18(19)20/h4-14,21H,1-3H3,(H,26,28). The maximum atomic E-state index is 13.3. The Morgan fingerprint density at radius 2 is 1.73 bits per heavy atom. The molecule has 0 bridgehead atoms. The average molecular weight is 402 g/mol. The number of carbonyl (C=O) groups is 1. The minimum Gasteiger partial charge on any atom is -0.497 e. The number of amides is 1. The van der Waals surface area contributed by atoms with E-state index in [0.29, 0.717) is 22.9 Å². The Hall–Kier alpha value is -3.87. The molecule has 2 aromatic heterocycles. The molecule has 0 aliphatic carbocycles. The van der Waals surface area contributed by atoms with E-state index in [9.17, 15) is 4.79 Å². The highest BCUT2D eigenvalue weighted by atomic mass is 16.5. The van der Waals surface area contributed by atoms with Gasteiger partial charge in [0, 0.05) is 37.1 Å². The Bertz CT molecular complexity index is 1170. The molecule has 0 saturated heterocycles. The number of fused-ring (bicyclic) bond motifs is 1. The summed E-state index contributed by atoms with van der Waals surface area (Å²) < 4.78 is 12.7. The summed E-state index contributed by atoms with van der Waals surface area (Å²) >= 11 is 0. The van der Waals surface area contributed by atoms with Crippen molar-refractivity contribution < 1.29 is 14.3 Å². The second-order valence-electron chi connectivity index (χ2n) is 6.82. The molecule has 7 nitrogen and oxygen atoms in total. The van der Waals surface area contributed by atoms with Crippen molar-refractivity contribution in [3.63, 3.8) is 0 Å². The molecule has 0 saturated carbocycles. The number of aryl methyl sites for hydroxylation is 1. The van der Waals surface area contributed by atoms with Crippen LogP contribution in [0.15, 0.2) is 67.1 Å². The van der Waals surface area contributed by atoms with E-state index in [1.165, 1.54) is 0 Å². The maximum Gasteiger partial charge on any atom is 0.252 e. The lowest BCUT2D eigenvalue weighted by Gasteiger charge is -2.21. The number of carbonyl (C=O) groups excluding carboxylic acids is 1. The highest BCUT2D eigenvalue weighted by Gasteiger charge is 2.24. The van der Waals surface area contributed by atoms with Crippen LogP contribution >= 0.6 is 0 Å². The van der Waals surface area contributed by atoms with Gasteiger partial charge in [-0.2, -0.15) is 0 Å². The van der Waals surface area contributed by atoms with Gasteiger partial charge in [-0.05, 0) is 29.8 Å². The van der Waals surface area contributed by atoms with Crippen LogP contribution in [0.3, 0.4) is 0 Å². The third kappa shape index (κ3) is 3.69. The summed E-state index contributed by atoms with van der Waals surface area (Å²) in [7, 11) is 5.08. The summed E-state index contributed by atoms with van der Waals surface area (Å²) in [4.78, 5) is 22.1. The molecule has 0 aliphatic rings. The highest BCUT2D eigenvalue weighted by Crippen LogP contribution is 2.30. The molecule has 0 fully saturated rings. The van der Waals surface area contributed by atoms with Gasteiger partial charge in [-0.3, -0.25) is 9.78 Å². The highest BCUT2D eigenvalue weighted by molar-refractivity contribution is 6.06. The molecule has 152 valence electrons. The van der Waals surface area contributed by atoms with Crippen LogP contribution in [0.2, 0.25) is 0 Å². The largest absolute Gasteiger partial charge is 0.497 e. The van der Waals surface area contributed by atoms with Gasteiger partial charge in [0.1, 0.15) is 23.4 Å². The van der Waals surface area contributed by atoms with Crippen LogP contribution in [-0.4, -0.2) is 34.7 Å². The summed E-state index contributed by atoms with van der Waals surface area (Å²) in [5, 5.41) is 3.92. The number of nitrogens with zero attached hydrogens (tertiary/aromatic N) is 3. The molecule has 30 heavy (non-hydrogen) atoms. The van der Waals surface area contributed by atoms with Crippen molar-refractivity contribution in [3.8, 4) is 11.5 Å². The molecule has 4 rings (SSSR count). The first-order valence-electron chi connectivity index (χ1n) is 9.45. The molecule has 1 N–H and O–H groups in total. The molecule has 1 atom stereocenters. The van der Waals surface area contributed by atoms with Gasteiger partial charge in [-0.25, -0.2) is 4.98 Å². The number of para-hydroxylation sites is 1. The Kier molecular flexibility index (Phi) is 5.34. The lowest BCUT2D eigenvalue weighted by Crippen LogP contribution is -2.31. The van der Waals surface area contributed by atoms with Gasteiger partial charge in [0.15, 0.2) is 0 Å². The van der Waals surface area contributed by atoms with Crippen molar-refractivity contribution in [1.29, 1.82) is 0 Å². The van der Waals surface area contributed by atoms with Crippen LogP contribution in [-0.2, 0) is 7.05 Å². The number of methoxy groups -OCH3 is 2. The van der Waals surface area contributed by atoms with Crippen LogP contribution in [0, 0.1) is 0 Å². The van der Waals surface area contributed by atoms with Gasteiger partial charge >= 0.3 is 0 Å². The predicted octanol–water partition coefficient (Wildman–Crippen LogP) is 3.50. The summed E-state index contributed by atoms with van der Waals surface area (Å²) in [6, 6.07) is 14.3. The number of ether oxygens (including phenoxy) is 2. The number of rotatable bonds is 6. The molecular weight excluding hydrogens is 380 g/mol. The number of imidazole rings is 1. The Labute approximate surface area is 174 Å². The first kappa shape index (κ1) is 19.4. The smallest absolute Gasteiger partial charge is 0.252 e. The fraction of sp³-hybridized carbons (Fsp3) is 0.174. The van der Waals surface area contributed by atoms with E-state index in [1.807, 2.05) is 54.2 Å². The average Bonchev–Trinajstić information content (AvgIpc) is 3.21. The summed E-state index contributed by atoms with van der Waals surface area (Å²) in [5.41, 5.74) is 2.11. The number of pyridine rings is 1. The van der Waals surface area contributed by atoms with Crippen molar-refractivity contribution in [2.75, 3.05) is 14.2 Å². The predicted molar refractivity (Wildman–Crippen MR) is 114 cm³/mol. The second-order valence-corrected chi connectivity index (χ2v) is 6.82. The first-order chi connectivity index (χ1) is 14.6. The van der Waals surface area contributed by atoms with Crippen molar-refractivity contribution in [3.05, 3.63) is 84.1 Å². The lowest BCUT2D eigenvalue weighted by molar-refractivity contribution is 0.0942. The van der Waals surface area contributed by atoms with Gasteiger partial charge in [-0.15, -0.1) is 0 Å². The molecule has 0 radical (unpaired) electrons. The van der Waals surface area contributed by atoms with E-state index < -0.39 is 6.04 Å². The lowest BCUT2D eigenvalue weighted by atomic mass is 10.0. The molecule has 0 spiro atoms. The fourth-order valence-corrected chi connectivity index (χ4v) is 3.45. The molecule has 0 aliphatic heterocycles. The number of hydrogen-bond acceptors (Lipinski definition) is 5. The quantitative estimate of drug-likeness (QED) is 0.534. The van der Waals surface area contributed by atoms with Crippen LogP contribution in [0.1, 0.15) is 27.8 Å². The Morgan fingerprint density at radius 1 is 1.00 bits per heavy atom. The summed E-state index contributed by atoms with van der Waals surface area (Å²) in [6.07, 6.45) is 5.18. The van der Waals surface area contributed by atoms with Gasteiger partial charge in [0.25, 0.3) is 5.91 Å². The molecule has 2 aromatic carbocycles. The fourth-order valence-electron chi connectivity index (χ4n) is 3.45. The van der Waals surface area contributed by atoms with E-state index >= 15 is 0 Å². The van der Waals surface area contributed by atoms with E-state index in [0.717, 1.165) is 16.5 Å². The molecule has 1 amide bonds. The molecule has 4 aromatic rings. The minimum absolute atomic E-state index is 0.219. The Balaban J connectivity index is 1.78. The summed E-state index contributed by atoms with van der Waals surface area (Å²) in [6.45, 7) is 0. The van der Waals surface area contributed by atoms with Crippen LogP contribution in [0.25, 0.3) is 10.9 Å². The normalized spacial score (nSPS) is 11.8. The van der Waals surface area contributed by atoms with Crippen molar-refractivity contribution >= 4 is 16.8 Å². The molecule has 2 heterocycles. The van der Waals surface area contributed by atoms with Gasteiger partial charge in [0.05, 0.1) is 25.3 Å². The third-order valence-corrected chi connectivity index (χ3v) is 4.99. The zero-order chi connectivity index (χ0) is 21.1. The second kappa shape index (κ2) is 8.24. The monoisotopic (exact) mass is 402 g/mol. The van der Waals surface area contributed by atoms with Gasteiger partial charge in [-0.1, -0.05) is 18.2 Å². The maximum absolute atomic E-state index is 13.3. The van der Waals surface area contributed by atoms with Gasteiger partial charge < -0.3 is 19.4 Å². The van der Waals surface area contributed by atoms with Crippen LogP contribution in [0.5, 0.6) is 11.5 Å². The van der Waals surface area contributed by atoms with E-state index in [1.54, 1.807) is 38.7 Å². The minimum atomic E-state index is -0.506. The van der Waals surface area contributed by atoms with Gasteiger partial charge in [0.2, 0.25) is 0 Å². The third-order valence-electron chi connectivity index (χ3n) is 4.99. The van der Waals surface area contributed by atoms with Crippen LogP contribution < -0.4 is 14.8 Å².